The molecule has 18 heavy (non-hydrogen) atoms. The van der Waals surface area contributed by atoms with Crippen LogP contribution >= 0.6 is 0 Å². The van der Waals surface area contributed by atoms with Gasteiger partial charge in [0, 0.05) is 45.2 Å². The molecule has 0 aromatic carbocycles. The Kier molecular flexibility index (Phi) is 10.5. The number of ether oxygens (including phenoxy) is 1. The standard InChI is InChI=1S/C13H14NO.C2H6.Y/c1-11-4-6-13(14-9-11)7-5-12-3-2-8-15-10-12;1-2;/h6,9,12H,2-3,8,10H2,1H3;1-2H3;/q-1;;. The maximum Gasteiger partial charge on any atom is 0.0603 e. The van der Waals surface area contributed by atoms with Crippen molar-refractivity contribution in [2.45, 2.75) is 33.6 Å². The van der Waals surface area contributed by atoms with Gasteiger partial charge in [0.15, 0.2) is 0 Å². The van der Waals surface area contributed by atoms with Crippen molar-refractivity contribution in [1.82, 2.24) is 4.98 Å². The van der Waals surface area contributed by atoms with Crippen LogP contribution in [0.5, 0.6) is 0 Å². The first-order valence-corrected chi connectivity index (χ1v) is 6.28. The summed E-state index contributed by atoms with van der Waals surface area (Å²) in [6.07, 6.45) is 4.05. The van der Waals surface area contributed by atoms with Gasteiger partial charge in [-0.3, -0.25) is 0 Å². The molecule has 0 saturated carbocycles. The Morgan fingerprint density at radius 1 is 1.44 bits per heavy atom. The Balaban J connectivity index is 0.000000917. The van der Waals surface area contributed by atoms with E-state index >= 15 is 0 Å². The third kappa shape index (κ3) is 6.64. The molecule has 1 fully saturated rings. The molecule has 1 radical (unpaired) electrons. The summed E-state index contributed by atoms with van der Waals surface area (Å²) in [5, 5.41) is 0. The van der Waals surface area contributed by atoms with E-state index in [9.17, 15) is 0 Å². The van der Waals surface area contributed by atoms with Gasteiger partial charge in [0.1, 0.15) is 0 Å². The smallest absolute Gasteiger partial charge is 0.0603 e. The van der Waals surface area contributed by atoms with E-state index in [-0.39, 0.29) is 32.7 Å². The number of rotatable bonds is 0. The van der Waals surface area contributed by atoms with Crippen LogP contribution in [0.15, 0.2) is 12.3 Å². The van der Waals surface area contributed by atoms with Crippen molar-refractivity contribution in [3.8, 4) is 11.8 Å². The summed E-state index contributed by atoms with van der Waals surface area (Å²) < 4.78 is 5.36. The molecule has 0 bridgehead atoms. The Morgan fingerprint density at radius 2 is 2.22 bits per heavy atom. The number of pyridine rings is 1. The molecule has 1 aliphatic rings. The predicted octanol–water partition coefficient (Wildman–Crippen LogP) is 2.99. The van der Waals surface area contributed by atoms with E-state index in [0.29, 0.717) is 5.92 Å². The molecule has 0 N–H and O–H groups in total. The average molecular weight is 319 g/mol. The molecule has 3 heteroatoms. The van der Waals surface area contributed by atoms with E-state index in [1.54, 1.807) is 6.20 Å². The minimum Gasteiger partial charge on any atom is -0.380 e. The monoisotopic (exact) mass is 319 g/mol. The van der Waals surface area contributed by atoms with E-state index in [4.69, 9.17) is 4.74 Å². The number of hydrogen-bond donors (Lipinski definition) is 0. The third-order valence-corrected chi connectivity index (χ3v) is 2.40. The van der Waals surface area contributed by atoms with Crippen molar-refractivity contribution in [3.63, 3.8) is 0 Å². The van der Waals surface area contributed by atoms with Crippen molar-refractivity contribution in [2.75, 3.05) is 13.2 Å². The van der Waals surface area contributed by atoms with E-state index < -0.39 is 0 Å². The van der Waals surface area contributed by atoms with Crippen molar-refractivity contribution >= 4 is 0 Å². The van der Waals surface area contributed by atoms with Gasteiger partial charge in [-0.2, -0.15) is 6.07 Å². The van der Waals surface area contributed by atoms with Gasteiger partial charge in [-0.25, -0.2) is 0 Å². The molecular weight excluding hydrogens is 299 g/mol. The maximum absolute atomic E-state index is 5.36. The fourth-order valence-electron chi connectivity index (χ4n) is 1.52. The minimum atomic E-state index is 0. The van der Waals surface area contributed by atoms with Crippen molar-refractivity contribution in [3.05, 3.63) is 29.6 Å². The van der Waals surface area contributed by atoms with Crippen LogP contribution in [-0.4, -0.2) is 18.2 Å². The summed E-state index contributed by atoms with van der Waals surface area (Å²) in [5.41, 5.74) is 1.84. The summed E-state index contributed by atoms with van der Waals surface area (Å²) in [5.74, 6) is 6.65. The summed E-state index contributed by atoms with van der Waals surface area (Å²) >= 11 is 0. The fraction of sp³-hybridized carbons (Fsp3) is 0.533. The summed E-state index contributed by atoms with van der Waals surface area (Å²) in [4.78, 5) is 4.22. The first-order chi connectivity index (χ1) is 8.34. The van der Waals surface area contributed by atoms with Crippen LogP contribution in [0.3, 0.4) is 0 Å². The van der Waals surface area contributed by atoms with Crippen molar-refractivity contribution < 1.29 is 37.4 Å². The topological polar surface area (TPSA) is 22.1 Å². The summed E-state index contributed by atoms with van der Waals surface area (Å²) in [6.45, 7) is 7.62. The molecule has 95 valence electrons. The first kappa shape index (κ1) is 17.8. The average Bonchev–Trinajstić information content (AvgIpc) is 2.42. The predicted molar refractivity (Wildman–Crippen MR) is 69.6 cm³/mol. The molecule has 1 aromatic rings. The van der Waals surface area contributed by atoms with E-state index in [2.05, 4.69) is 22.9 Å². The SMILES string of the molecule is CC.Cc1[c-]cc(C#CC2CCCOC2)nc1.[Y]. The van der Waals surface area contributed by atoms with Crippen molar-refractivity contribution in [2.24, 2.45) is 5.92 Å². The number of aromatic nitrogens is 1. The Hall–Kier alpha value is -0.226. The van der Waals surface area contributed by atoms with Crippen LogP contribution in [0, 0.1) is 30.7 Å². The molecule has 1 atom stereocenters. The largest absolute Gasteiger partial charge is 0.380 e. The zero-order chi connectivity index (χ0) is 12.5. The van der Waals surface area contributed by atoms with E-state index in [1.165, 1.54) is 0 Å². The molecule has 2 heterocycles. The second-order valence-corrected chi connectivity index (χ2v) is 3.80. The van der Waals surface area contributed by atoms with Crippen LogP contribution in [0.2, 0.25) is 0 Å². The molecule has 1 saturated heterocycles. The van der Waals surface area contributed by atoms with Crippen LogP contribution in [0.4, 0.5) is 0 Å². The second-order valence-electron chi connectivity index (χ2n) is 3.80. The first-order valence-electron chi connectivity index (χ1n) is 6.28. The second kappa shape index (κ2) is 10.7. The van der Waals surface area contributed by atoms with Gasteiger partial charge in [-0.05, 0) is 18.5 Å². The number of hydrogen-bond acceptors (Lipinski definition) is 2. The van der Waals surface area contributed by atoms with Crippen LogP contribution in [0.25, 0.3) is 0 Å². The maximum atomic E-state index is 5.36. The molecule has 0 amide bonds. The summed E-state index contributed by atoms with van der Waals surface area (Å²) in [6, 6.07) is 4.93. The quantitative estimate of drug-likeness (QED) is 0.542. The van der Waals surface area contributed by atoms with Gasteiger partial charge in [0.05, 0.1) is 6.61 Å². The van der Waals surface area contributed by atoms with Crippen LogP contribution in [0.1, 0.15) is 37.9 Å². The van der Waals surface area contributed by atoms with E-state index in [0.717, 1.165) is 37.3 Å². The fourth-order valence-corrected chi connectivity index (χ4v) is 1.52. The molecule has 0 aliphatic carbocycles. The normalized spacial score (nSPS) is 17.4. The van der Waals surface area contributed by atoms with Crippen molar-refractivity contribution in [1.29, 1.82) is 0 Å². The molecule has 1 unspecified atom stereocenters. The Labute approximate surface area is 136 Å². The molecule has 2 nitrogen and oxygen atoms in total. The van der Waals surface area contributed by atoms with Gasteiger partial charge >= 0.3 is 0 Å². The number of aryl methyl sites for hydroxylation is 1. The minimum absolute atomic E-state index is 0. The number of nitrogens with zero attached hydrogens (tertiary/aromatic N) is 1. The molecule has 1 aliphatic heterocycles. The zero-order valence-electron chi connectivity index (χ0n) is 11.5. The Bertz CT molecular complexity index is 372. The van der Waals surface area contributed by atoms with E-state index in [1.807, 2.05) is 26.8 Å². The zero-order valence-corrected chi connectivity index (χ0v) is 14.3. The molecular formula is C15H20NOY-. The van der Waals surface area contributed by atoms with Gasteiger partial charge in [0.25, 0.3) is 0 Å². The summed E-state index contributed by atoms with van der Waals surface area (Å²) in [7, 11) is 0. The van der Waals surface area contributed by atoms with Crippen LogP contribution < -0.4 is 0 Å². The Morgan fingerprint density at radius 3 is 2.78 bits per heavy atom. The molecule has 0 spiro atoms. The molecule has 1 aromatic heterocycles. The molecule has 2 rings (SSSR count). The van der Waals surface area contributed by atoms with Gasteiger partial charge in [-0.15, -0.1) is 23.5 Å². The van der Waals surface area contributed by atoms with Crippen LogP contribution in [-0.2, 0) is 37.4 Å². The van der Waals surface area contributed by atoms with Gasteiger partial charge < -0.3 is 9.72 Å². The third-order valence-electron chi connectivity index (χ3n) is 2.40. The van der Waals surface area contributed by atoms with Gasteiger partial charge in [0.2, 0.25) is 0 Å². The van der Waals surface area contributed by atoms with Gasteiger partial charge in [-0.1, -0.05) is 27.0 Å².